The van der Waals surface area contributed by atoms with Crippen molar-refractivity contribution in [1.82, 2.24) is 19.4 Å². The standard InChI is InChI=1S/C22H21N5O4/c1-13-5-4-6-15(9-13)23-19(28)12-27-20(29)16(24-21(27)30)10-14-7-8-17-18(11-14)26(3)22(31)25(17)2/h4-11H,12H2,1-3H3,(H,23,28)(H,24,30). The van der Waals surface area contributed by atoms with Crippen LogP contribution in [0.4, 0.5) is 10.5 Å². The van der Waals surface area contributed by atoms with Gasteiger partial charge in [-0.05, 0) is 48.4 Å². The zero-order valence-electron chi connectivity index (χ0n) is 17.3. The van der Waals surface area contributed by atoms with Crippen LogP contribution in [0.15, 0.2) is 53.0 Å². The lowest BCUT2D eigenvalue weighted by Crippen LogP contribution is -2.38. The van der Waals surface area contributed by atoms with Crippen molar-refractivity contribution in [2.24, 2.45) is 14.1 Å². The fourth-order valence-corrected chi connectivity index (χ4v) is 3.56. The number of aryl methyl sites for hydroxylation is 3. The SMILES string of the molecule is Cc1cccc(NC(=O)CN2C(=O)NC(=Cc3ccc4c(c3)n(C)c(=O)n4C)C2=O)c1. The van der Waals surface area contributed by atoms with Crippen LogP contribution in [0.1, 0.15) is 11.1 Å². The molecule has 0 atom stereocenters. The summed E-state index contributed by atoms with van der Waals surface area (Å²) in [5.74, 6) is -1.07. The summed E-state index contributed by atoms with van der Waals surface area (Å²) in [7, 11) is 3.35. The number of imidazole rings is 1. The Balaban J connectivity index is 1.53. The molecule has 2 N–H and O–H groups in total. The van der Waals surface area contributed by atoms with E-state index in [0.717, 1.165) is 16.0 Å². The first-order chi connectivity index (χ1) is 14.7. The Kier molecular flexibility index (Phi) is 4.94. The first kappa shape index (κ1) is 20.1. The summed E-state index contributed by atoms with van der Waals surface area (Å²) in [5.41, 5.74) is 3.58. The van der Waals surface area contributed by atoms with Gasteiger partial charge in [-0.15, -0.1) is 0 Å². The van der Waals surface area contributed by atoms with Gasteiger partial charge in [0.25, 0.3) is 5.91 Å². The summed E-state index contributed by atoms with van der Waals surface area (Å²) < 4.78 is 3.04. The van der Waals surface area contributed by atoms with Gasteiger partial charge in [-0.2, -0.15) is 0 Å². The molecule has 9 nitrogen and oxygen atoms in total. The lowest BCUT2D eigenvalue weighted by atomic mass is 10.1. The molecule has 3 aromatic rings. The zero-order chi connectivity index (χ0) is 22.3. The molecule has 0 radical (unpaired) electrons. The van der Waals surface area contributed by atoms with Gasteiger partial charge < -0.3 is 10.6 Å². The second kappa shape index (κ2) is 7.60. The van der Waals surface area contributed by atoms with E-state index in [0.29, 0.717) is 16.8 Å². The topological polar surface area (TPSA) is 105 Å². The van der Waals surface area contributed by atoms with Crippen LogP contribution < -0.4 is 16.3 Å². The van der Waals surface area contributed by atoms with E-state index in [2.05, 4.69) is 10.6 Å². The van der Waals surface area contributed by atoms with Crippen LogP contribution in [0, 0.1) is 6.92 Å². The van der Waals surface area contributed by atoms with E-state index in [1.54, 1.807) is 50.5 Å². The van der Waals surface area contributed by atoms with Gasteiger partial charge in [0.15, 0.2) is 0 Å². The van der Waals surface area contributed by atoms with Gasteiger partial charge in [0, 0.05) is 19.8 Å². The molecule has 1 aliphatic rings. The van der Waals surface area contributed by atoms with E-state index in [1.165, 1.54) is 15.2 Å². The Morgan fingerprint density at radius 1 is 1.03 bits per heavy atom. The van der Waals surface area contributed by atoms with Gasteiger partial charge in [-0.1, -0.05) is 18.2 Å². The maximum Gasteiger partial charge on any atom is 0.329 e. The number of imide groups is 1. The number of aromatic nitrogens is 2. The highest BCUT2D eigenvalue weighted by molar-refractivity contribution is 6.16. The lowest BCUT2D eigenvalue weighted by Gasteiger charge is -2.12. The largest absolute Gasteiger partial charge is 0.329 e. The minimum atomic E-state index is -0.663. The second-order valence-corrected chi connectivity index (χ2v) is 7.45. The van der Waals surface area contributed by atoms with Gasteiger partial charge >= 0.3 is 11.7 Å². The van der Waals surface area contributed by atoms with E-state index in [1.807, 2.05) is 13.0 Å². The number of nitrogens with one attached hydrogen (secondary N) is 2. The van der Waals surface area contributed by atoms with Crippen molar-refractivity contribution in [2.75, 3.05) is 11.9 Å². The Hall–Kier alpha value is -4.14. The van der Waals surface area contributed by atoms with Crippen LogP contribution in [0.2, 0.25) is 0 Å². The molecule has 4 amide bonds. The number of carbonyl (C=O) groups is 3. The molecule has 9 heteroatoms. The summed E-state index contributed by atoms with van der Waals surface area (Å²) in [5, 5.41) is 5.19. The number of hydrogen-bond donors (Lipinski definition) is 2. The molecular formula is C22H21N5O4. The van der Waals surface area contributed by atoms with E-state index in [9.17, 15) is 19.2 Å². The molecule has 0 saturated carbocycles. The average molecular weight is 419 g/mol. The third-order valence-corrected chi connectivity index (χ3v) is 5.17. The number of rotatable bonds is 4. The zero-order valence-corrected chi connectivity index (χ0v) is 17.3. The highest BCUT2D eigenvalue weighted by Crippen LogP contribution is 2.19. The maximum atomic E-state index is 12.7. The van der Waals surface area contributed by atoms with Crippen LogP contribution >= 0.6 is 0 Å². The number of hydrogen-bond acceptors (Lipinski definition) is 4. The van der Waals surface area contributed by atoms with Crippen molar-refractivity contribution >= 4 is 40.6 Å². The Labute approximate surface area is 177 Å². The highest BCUT2D eigenvalue weighted by atomic mass is 16.2. The third-order valence-electron chi connectivity index (χ3n) is 5.17. The highest BCUT2D eigenvalue weighted by Gasteiger charge is 2.34. The Morgan fingerprint density at radius 3 is 2.52 bits per heavy atom. The molecule has 0 unspecified atom stereocenters. The molecule has 2 heterocycles. The molecule has 2 aromatic carbocycles. The molecule has 31 heavy (non-hydrogen) atoms. The lowest BCUT2D eigenvalue weighted by molar-refractivity contribution is -0.127. The predicted molar refractivity (Wildman–Crippen MR) is 116 cm³/mol. The number of urea groups is 1. The third kappa shape index (κ3) is 3.73. The number of anilines is 1. The van der Waals surface area contributed by atoms with Crippen molar-refractivity contribution in [3.63, 3.8) is 0 Å². The fraction of sp³-hybridized carbons (Fsp3) is 0.182. The summed E-state index contributed by atoms with van der Waals surface area (Å²) in [4.78, 5) is 50.2. The summed E-state index contributed by atoms with van der Waals surface area (Å²) in [6.07, 6.45) is 1.52. The number of benzene rings is 2. The van der Waals surface area contributed by atoms with Gasteiger partial charge in [0.2, 0.25) is 5.91 Å². The van der Waals surface area contributed by atoms with Gasteiger partial charge in [-0.25, -0.2) is 14.5 Å². The first-order valence-electron chi connectivity index (χ1n) is 9.61. The molecular weight excluding hydrogens is 398 g/mol. The van der Waals surface area contributed by atoms with Crippen molar-refractivity contribution in [1.29, 1.82) is 0 Å². The number of carbonyl (C=O) groups excluding carboxylic acids is 3. The normalized spacial score (nSPS) is 15.1. The van der Waals surface area contributed by atoms with Crippen molar-refractivity contribution < 1.29 is 14.4 Å². The van der Waals surface area contributed by atoms with Crippen LogP contribution in [0.25, 0.3) is 17.1 Å². The fourth-order valence-electron chi connectivity index (χ4n) is 3.56. The van der Waals surface area contributed by atoms with Crippen molar-refractivity contribution in [2.45, 2.75) is 6.92 Å². The minimum absolute atomic E-state index is 0.0636. The molecule has 1 fully saturated rings. The number of amides is 4. The smallest absolute Gasteiger partial charge is 0.325 e. The van der Waals surface area contributed by atoms with Gasteiger partial charge in [-0.3, -0.25) is 18.7 Å². The number of nitrogens with zero attached hydrogens (tertiary/aromatic N) is 3. The second-order valence-electron chi connectivity index (χ2n) is 7.45. The average Bonchev–Trinajstić information content (AvgIpc) is 3.10. The Morgan fingerprint density at radius 2 is 1.77 bits per heavy atom. The van der Waals surface area contributed by atoms with Crippen molar-refractivity contribution in [3.05, 3.63) is 69.8 Å². The molecule has 0 aliphatic carbocycles. The monoisotopic (exact) mass is 419 g/mol. The molecule has 4 rings (SSSR count). The first-order valence-corrected chi connectivity index (χ1v) is 9.61. The van der Waals surface area contributed by atoms with E-state index in [4.69, 9.17) is 0 Å². The van der Waals surface area contributed by atoms with Crippen LogP contribution in [-0.4, -0.2) is 38.4 Å². The van der Waals surface area contributed by atoms with E-state index in [-0.39, 0.29) is 11.4 Å². The quantitative estimate of drug-likeness (QED) is 0.496. The molecule has 1 saturated heterocycles. The summed E-state index contributed by atoms with van der Waals surface area (Å²) in [6, 6.07) is 11.9. The predicted octanol–water partition coefficient (Wildman–Crippen LogP) is 1.72. The van der Waals surface area contributed by atoms with Crippen LogP contribution in [0.5, 0.6) is 0 Å². The molecule has 1 aromatic heterocycles. The summed E-state index contributed by atoms with van der Waals surface area (Å²) in [6.45, 7) is 1.50. The Bertz CT molecular complexity index is 1330. The maximum absolute atomic E-state index is 12.7. The van der Waals surface area contributed by atoms with Gasteiger partial charge in [0.1, 0.15) is 12.2 Å². The number of fused-ring (bicyclic) bond motifs is 1. The molecule has 158 valence electrons. The minimum Gasteiger partial charge on any atom is -0.325 e. The van der Waals surface area contributed by atoms with E-state index >= 15 is 0 Å². The molecule has 0 spiro atoms. The van der Waals surface area contributed by atoms with Crippen molar-refractivity contribution in [3.8, 4) is 0 Å². The van der Waals surface area contributed by atoms with Crippen LogP contribution in [-0.2, 0) is 23.7 Å². The van der Waals surface area contributed by atoms with Gasteiger partial charge in [0.05, 0.1) is 11.0 Å². The molecule has 0 bridgehead atoms. The van der Waals surface area contributed by atoms with Crippen LogP contribution in [0.3, 0.4) is 0 Å². The van der Waals surface area contributed by atoms with E-state index < -0.39 is 24.4 Å². The molecule has 1 aliphatic heterocycles. The summed E-state index contributed by atoms with van der Waals surface area (Å²) >= 11 is 0.